The Morgan fingerprint density at radius 2 is 1.33 bits per heavy atom. The molecule has 4 N–H and O–H groups in total. The lowest BCUT2D eigenvalue weighted by atomic mass is 10.1. The Kier molecular flexibility index (Phi) is 16.2. The SMILES string of the molecule is CCCCCCCC/C=C\CCCCCCCC(N)OP(=O)(O)O. The van der Waals surface area contributed by atoms with Crippen molar-refractivity contribution in [3.8, 4) is 0 Å². The molecule has 0 aliphatic carbocycles. The van der Waals surface area contributed by atoms with E-state index in [-0.39, 0.29) is 0 Å². The molecule has 0 radical (unpaired) electrons. The molecule has 5 nitrogen and oxygen atoms in total. The highest BCUT2D eigenvalue weighted by Crippen LogP contribution is 2.37. The summed E-state index contributed by atoms with van der Waals surface area (Å²) in [4.78, 5) is 17.2. The van der Waals surface area contributed by atoms with Gasteiger partial charge in [-0.3, -0.25) is 4.52 Å². The summed E-state index contributed by atoms with van der Waals surface area (Å²) < 4.78 is 15.0. The van der Waals surface area contributed by atoms with E-state index in [1.54, 1.807) is 0 Å². The first kappa shape index (κ1) is 23.8. The summed E-state index contributed by atoms with van der Waals surface area (Å²) in [6.45, 7) is 2.25. The van der Waals surface area contributed by atoms with Gasteiger partial charge < -0.3 is 15.5 Å². The molecule has 6 heteroatoms. The molecule has 0 heterocycles. The third-order valence-electron chi connectivity index (χ3n) is 4.02. The summed E-state index contributed by atoms with van der Waals surface area (Å²) in [6, 6.07) is 0. The third-order valence-corrected chi connectivity index (χ3v) is 4.57. The van der Waals surface area contributed by atoms with Crippen LogP contribution in [0.25, 0.3) is 0 Å². The van der Waals surface area contributed by atoms with Gasteiger partial charge in [0.15, 0.2) is 0 Å². The number of unbranched alkanes of at least 4 members (excludes halogenated alkanes) is 11. The largest absolute Gasteiger partial charge is 0.471 e. The summed E-state index contributed by atoms with van der Waals surface area (Å²) >= 11 is 0. The van der Waals surface area contributed by atoms with Crippen LogP contribution in [0.4, 0.5) is 0 Å². The highest BCUT2D eigenvalue weighted by Gasteiger charge is 2.18. The van der Waals surface area contributed by atoms with Crippen LogP contribution in [0.15, 0.2) is 12.2 Å². The molecule has 24 heavy (non-hydrogen) atoms. The molecule has 0 amide bonds. The number of hydrogen-bond acceptors (Lipinski definition) is 3. The maximum Gasteiger partial charge on any atom is 0.471 e. The molecule has 0 saturated heterocycles. The Bertz CT molecular complexity index is 344. The first-order chi connectivity index (χ1) is 11.5. The van der Waals surface area contributed by atoms with E-state index in [1.807, 2.05) is 0 Å². The van der Waals surface area contributed by atoms with Crippen LogP contribution in [0, 0.1) is 0 Å². The minimum atomic E-state index is -4.44. The van der Waals surface area contributed by atoms with Crippen molar-refractivity contribution in [2.75, 3.05) is 0 Å². The summed E-state index contributed by atoms with van der Waals surface area (Å²) in [7, 11) is -4.44. The zero-order valence-corrected chi connectivity index (χ0v) is 16.3. The third kappa shape index (κ3) is 19.9. The van der Waals surface area contributed by atoms with Gasteiger partial charge in [0.05, 0.1) is 0 Å². The maximum absolute atomic E-state index is 10.6. The highest BCUT2D eigenvalue weighted by molar-refractivity contribution is 7.46. The van der Waals surface area contributed by atoms with E-state index in [4.69, 9.17) is 15.5 Å². The number of rotatable bonds is 17. The molecule has 0 aromatic carbocycles. The van der Waals surface area contributed by atoms with Crippen molar-refractivity contribution >= 4 is 7.82 Å². The molecular weight excluding hydrogens is 325 g/mol. The van der Waals surface area contributed by atoms with Crippen molar-refractivity contribution in [1.29, 1.82) is 0 Å². The number of hydrogen-bond donors (Lipinski definition) is 3. The lowest BCUT2D eigenvalue weighted by molar-refractivity contribution is 0.129. The van der Waals surface area contributed by atoms with Gasteiger partial charge in [0, 0.05) is 0 Å². The quantitative estimate of drug-likeness (QED) is 0.139. The van der Waals surface area contributed by atoms with E-state index in [2.05, 4.69) is 23.6 Å². The zero-order chi connectivity index (χ0) is 18.1. The van der Waals surface area contributed by atoms with E-state index in [0.717, 1.165) is 25.7 Å². The number of phosphoric acid groups is 1. The maximum atomic E-state index is 10.6. The molecule has 0 fully saturated rings. The lowest BCUT2D eigenvalue weighted by Crippen LogP contribution is -2.22. The second-order valence-corrected chi connectivity index (χ2v) is 7.70. The Labute approximate surface area is 148 Å². The van der Waals surface area contributed by atoms with Gasteiger partial charge in [-0.25, -0.2) is 4.57 Å². The minimum Gasteiger partial charge on any atom is -0.306 e. The number of allylic oxidation sites excluding steroid dienone is 2. The number of phosphoric ester groups is 1. The van der Waals surface area contributed by atoms with Crippen LogP contribution in [0.5, 0.6) is 0 Å². The molecule has 1 atom stereocenters. The van der Waals surface area contributed by atoms with Gasteiger partial charge in [0.2, 0.25) is 0 Å². The Morgan fingerprint density at radius 1 is 0.875 bits per heavy atom. The van der Waals surface area contributed by atoms with Gasteiger partial charge in [0.1, 0.15) is 6.23 Å². The molecule has 0 aromatic heterocycles. The van der Waals surface area contributed by atoms with Crippen LogP contribution in [0.2, 0.25) is 0 Å². The summed E-state index contributed by atoms with van der Waals surface area (Å²) in [5.41, 5.74) is 5.49. The predicted molar refractivity (Wildman–Crippen MR) is 101 cm³/mol. The minimum absolute atomic E-state index is 0.489. The van der Waals surface area contributed by atoms with Crippen molar-refractivity contribution in [2.45, 2.75) is 103 Å². The summed E-state index contributed by atoms with van der Waals surface area (Å²) in [5.74, 6) is 0. The normalized spacial score (nSPS) is 13.7. The van der Waals surface area contributed by atoms with Crippen LogP contribution in [0.1, 0.15) is 96.8 Å². The highest BCUT2D eigenvalue weighted by atomic mass is 31.2. The predicted octanol–water partition coefficient (Wildman–Crippen LogP) is 5.42. The van der Waals surface area contributed by atoms with Crippen LogP contribution < -0.4 is 5.73 Å². The van der Waals surface area contributed by atoms with Crippen LogP contribution in [-0.4, -0.2) is 16.0 Å². The topological polar surface area (TPSA) is 92.8 Å². The molecule has 0 rings (SSSR count). The Hall–Kier alpha value is -0.190. The van der Waals surface area contributed by atoms with E-state index >= 15 is 0 Å². The van der Waals surface area contributed by atoms with Gasteiger partial charge in [-0.2, -0.15) is 0 Å². The van der Waals surface area contributed by atoms with Crippen molar-refractivity contribution in [3.05, 3.63) is 12.2 Å². The standard InChI is InChI=1S/C18H38NO4P/c1-2-3-4-5-6-7-8-9-10-11-12-13-14-15-16-17-18(19)23-24(20,21)22/h9-10,18H,2-8,11-17,19H2,1H3,(H2,20,21,22)/b10-9-. The average Bonchev–Trinajstić information content (AvgIpc) is 2.49. The molecular formula is C18H38NO4P. The first-order valence-corrected chi connectivity index (χ1v) is 11.1. The van der Waals surface area contributed by atoms with Crippen molar-refractivity contribution in [2.24, 2.45) is 5.73 Å². The van der Waals surface area contributed by atoms with Gasteiger partial charge >= 0.3 is 7.82 Å². The first-order valence-electron chi connectivity index (χ1n) is 9.60. The van der Waals surface area contributed by atoms with Gasteiger partial charge in [-0.05, 0) is 38.5 Å². The lowest BCUT2D eigenvalue weighted by Gasteiger charge is -2.12. The fourth-order valence-electron chi connectivity index (χ4n) is 2.65. The van der Waals surface area contributed by atoms with Gasteiger partial charge in [0.25, 0.3) is 0 Å². The molecule has 0 aliphatic rings. The molecule has 0 aromatic rings. The zero-order valence-electron chi connectivity index (χ0n) is 15.4. The van der Waals surface area contributed by atoms with Gasteiger partial charge in [-0.1, -0.05) is 70.4 Å². The van der Waals surface area contributed by atoms with E-state index in [9.17, 15) is 4.57 Å². The van der Waals surface area contributed by atoms with Crippen LogP contribution in [0.3, 0.4) is 0 Å². The van der Waals surface area contributed by atoms with Crippen LogP contribution in [-0.2, 0) is 9.09 Å². The van der Waals surface area contributed by atoms with Crippen molar-refractivity contribution in [3.63, 3.8) is 0 Å². The Balaban J connectivity index is 3.25. The van der Waals surface area contributed by atoms with E-state index in [1.165, 1.54) is 57.8 Å². The molecule has 144 valence electrons. The van der Waals surface area contributed by atoms with Crippen molar-refractivity contribution < 1.29 is 18.9 Å². The van der Waals surface area contributed by atoms with E-state index in [0.29, 0.717) is 6.42 Å². The molecule has 1 unspecified atom stereocenters. The molecule has 0 bridgehead atoms. The van der Waals surface area contributed by atoms with Gasteiger partial charge in [-0.15, -0.1) is 0 Å². The van der Waals surface area contributed by atoms with Crippen LogP contribution >= 0.6 is 7.82 Å². The summed E-state index contributed by atoms with van der Waals surface area (Å²) in [5, 5.41) is 0. The fourth-order valence-corrected chi connectivity index (χ4v) is 3.10. The molecule has 0 aliphatic heterocycles. The van der Waals surface area contributed by atoms with Crippen molar-refractivity contribution in [1.82, 2.24) is 0 Å². The smallest absolute Gasteiger partial charge is 0.306 e. The van der Waals surface area contributed by atoms with E-state index < -0.39 is 14.1 Å². The molecule has 0 saturated carbocycles. The average molecular weight is 363 g/mol. The second kappa shape index (κ2) is 16.3. The monoisotopic (exact) mass is 363 g/mol. The number of nitrogens with two attached hydrogens (primary N) is 1. The molecule has 0 spiro atoms. The Morgan fingerprint density at radius 3 is 1.83 bits per heavy atom. The fraction of sp³-hybridized carbons (Fsp3) is 0.889. The summed E-state index contributed by atoms with van der Waals surface area (Å²) in [6.07, 6.45) is 20.1. The second-order valence-electron chi connectivity index (χ2n) is 6.51.